The second-order valence-corrected chi connectivity index (χ2v) is 6.20. The van der Waals surface area contributed by atoms with Crippen molar-refractivity contribution in [1.29, 1.82) is 0 Å². The SMILES string of the molecule is COCCN(C)S(=O)(=O)c1ccsc1CO. The molecule has 0 aliphatic heterocycles. The largest absolute Gasteiger partial charge is 0.391 e. The van der Waals surface area contributed by atoms with Crippen molar-refractivity contribution < 1.29 is 18.3 Å². The predicted molar refractivity (Wildman–Crippen MR) is 61.9 cm³/mol. The Hall–Kier alpha value is -0.470. The lowest BCUT2D eigenvalue weighted by Gasteiger charge is -2.16. The fourth-order valence-electron chi connectivity index (χ4n) is 1.18. The third kappa shape index (κ3) is 2.80. The Morgan fingerprint density at radius 1 is 1.56 bits per heavy atom. The van der Waals surface area contributed by atoms with Crippen LogP contribution in [0, 0.1) is 0 Å². The van der Waals surface area contributed by atoms with Crippen molar-refractivity contribution >= 4 is 21.4 Å². The minimum atomic E-state index is -3.51. The molecule has 0 aliphatic carbocycles. The highest BCUT2D eigenvalue weighted by molar-refractivity contribution is 7.89. The van der Waals surface area contributed by atoms with E-state index >= 15 is 0 Å². The number of sulfonamides is 1. The smallest absolute Gasteiger partial charge is 0.244 e. The maximum atomic E-state index is 12.0. The molecule has 0 aliphatic rings. The van der Waals surface area contributed by atoms with E-state index in [0.717, 1.165) is 0 Å². The van der Waals surface area contributed by atoms with Gasteiger partial charge in [0.05, 0.1) is 18.1 Å². The van der Waals surface area contributed by atoms with Gasteiger partial charge in [-0.3, -0.25) is 0 Å². The monoisotopic (exact) mass is 265 g/mol. The molecular weight excluding hydrogens is 250 g/mol. The Labute approximate surface area is 99.3 Å². The number of nitrogens with zero attached hydrogens (tertiary/aromatic N) is 1. The zero-order valence-electron chi connectivity index (χ0n) is 9.21. The second kappa shape index (κ2) is 5.74. The molecule has 0 saturated carbocycles. The number of rotatable bonds is 6. The van der Waals surface area contributed by atoms with Gasteiger partial charge < -0.3 is 9.84 Å². The molecule has 1 aromatic rings. The van der Waals surface area contributed by atoms with Gasteiger partial charge in [0.15, 0.2) is 0 Å². The number of hydrogen-bond donors (Lipinski definition) is 1. The molecule has 0 saturated heterocycles. The fourth-order valence-corrected chi connectivity index (χ4v) is 3.60. The number of hydrogen-bond acceptors (Lipinski definition) is 5. The first kappa shape index (κ1) is 13.6. The first-order valence-electron chi connectivity index (χ1n) is 4.66. The van der Waals surface area contributed by atoms with Gasteiger partial charge in [0.1, 0.15) is 0 Å². The van der Waals surface area contributed by atoms with Crippen LogP contribution in [-0.4, -0.2) is 45.1 Å². The molecule has 0 amide bonds. The van der Waals surface area contributed by atoms with E-state index in [1.807, 2.05) is 0 Å². The first-order valence-corrected chi connectivity index (χ1v) is 6.98. The molecular formula is C9H15NO4S2. The van der Waals surface area contributed by atoms with E-state index in [9.17, 15) is 8.42 Å². The Kier molecular flexibility index (Phi) is 4.88. The summed E-state index contributed by atoms with van der Waals surface area (Å²) in [6.45, 7) is 0.373. The number of ether oxygens (including phenoxy) is 1. The average Bonchev–Trinajstić information content (AvgIpc) is 2.74. The summed E-state index contributed by atoms with van der Waals surface area (Å²) in [7, 11) is -0.496. The van der Waals surface area contributed by atoms with Crippen LogP contribution in [0.3, 0.4) is 0 Å². The normalized spacial score (nSPS) is 12.2. The summed E-state index contributed by atoms with van der Waals surface area (Å²) in [4.78, 5) is 0.642. The number of likely N-dealkylation sites (N-methyl/N-ethyl adjacent to an activating group) is 1. The van der Waals surface area contributed by atoms with Gasteiger partial charge in [-0.1, -0.05) is 0 Å². The van der Waals surface area contributed by atoms with Crippen molar-refractivity contribution in [3.05, 3.63) is 16.3 Å². The number of methoxy groups -OCH3 is 1. The van der Waals surface area contributed by atoms with E-state index in [-0.39, 0.29) is 11.5 Å². The van der Waals surface area contributed by atoms with Gasteiger partial charge >= 0.3 is 0 Å². The van der Waals surface area contributed by atoms with Gasteiger partial charge in [-0.25, -0.2) is 8.42 Å². The summed E-state index contributed by atoms with van der Waals surface area (Å²) >= 11 is 1.23. The summed E-state index contributed by atoms with van der Waals surface area (Å²) in [5, 5.41) is 10.7. The average molecular weight is 265 g/mol. The van der Waals surface area contributed by atoms with Crippen LogP contribution < -0.4 is 0 Å². The van der Waals surface area contributed by atoms with Crippen LogP contribution in [0.15, 0.2) is 16.3 Å². The summed E-state index contributed by atoms with van der Waals surface area (Å²) in [6.07, 6.45) is 0. The van der Waals surface area contributed by atoms with Crippen LogP contribution in [0.2, 0.25) is 0 Å². The molecule has 0 aromatic carbocycles. The quantitative estimate of drug-likeness (QED) is 0.813. The Morgan fingerprint density at radius 3 is 2.81 bits per heavy atom. The van der Waals surface area contributed by atoms with Crippen LogP contribution in [0.1, 0.15) is 4.88 Å². The van der Waals surface area contributed by atoms with Crippen molar-refractivity contribution in [1.82, 2.24) is 4.31 Å². The first-order chi connectivity index (χ1) is 7.54. The van der Waals surface area contributed by atoms with Crippen molar-refractivity contribution in [2.24, 2.45) is 0 Å². The van der Waals surface area contributed by atoms with E-state index in [4.69, 9.17) is 9.84 Å². The molecule has 1 heterocycles. The predicted octanol–water partition coefficient (Wildman–Crippen LogP) is 0.507. The van der Waals surface area contributed by atoms with Crippen molar-refractivity contribution in [3.63, 3.8) is 0 Å². The fraction of sp³-hybridized carbons (Fsp3) is 0.556. The summed E-state index contributed by atoms with van der Waals surface area (Å²) in [5.74, 6) is 0. The van der Waals surface area contributed by atoms with Gasteiger partial charge in [0.25, 0.3) is 0 Å². The third-order valence-corrected chi connectivity index (χ3v) is 5.12. The lowest BCUT2D eigenvalue weighted by atomic mass is 10.5. The molecule has 0 bridgehead atoms. The van der Waals surface area contributed by atoms with Crippen LogP contribution >= 0.6 is 11.3 Å². The minimum absolute atomic E-state index is 0.179. The molecule has 1 N–H and O–H groups in total. The van der Waals surface area contributed by atoms with E-state index in [0.29, 0.717) is 18.0 Å². The molecule has 7 heteroatoms. The van der Waals surface area contributed by atoms with Crippen LogP contribution in [0.5, 0.6) is 0 Å². The highest BCUT2D eigenvalue weighted by Crippen LogP contribution is 2.24. The van der Waals surface area contributed by atoms with Crippen molar-refractivity contribution in [2.75, 3.05) is 27.3 Å². The summed E-state index contributed by atoms with van der Waals surface area (Å²) < 4.78 is 30.1. The summed E-state index contributed by atoms with van der Waals surface area (Å²) in [5.41, 5.74) is 0. The van der Waals surface area contributed by atoms with Crippen LogP contribution in [0.4, 0.5) is 0 Å². The zero-order valence-corrected chi connectivity index (χ0v) is 10.8. The van der Waals surface area contributed by atoms with Crippen LogP contribution in [0.25, 0.3) is 0 Å². The van der Waals surface area contributed by atoms with E-state index in [1.165, 1.54) is 35.9 Å². The Balaban J connectivity index is 2.93. The topological polar surface area (TPSA) is 66.8 Å². The van der Waals surface area contributed by atoms with Gasteiger partial charge in [0, 0.05) is 25.6 Å². The molecule has 0 fully saturated rings. The molecule has 5 nitrogen and oxygen atoms in total. The van der Waals surface area contributed by atoms with Gasteiger partial charge in [-0.15, -0.1) is 11.3 Å². The third-order valence-electron chi connectivity index (χ3n) is 2.15. The second-order valence-electron chi connectivity index (χ2n) is 3.19. The number of aliphatic hydroxyl groups excluding tert-OH is 1. The molecule has 0 radical (unpaired) electrons. The van der Waals surface area contributed by atoms with Gasteiger partial charge in [-0.2, -0.15) is 4.31 Å². The summed E-state index contributed by atoms with van der Waals surface area (Å²) in [6, 6.07) is 1.51. The molecule has 16 heavy (non-hydrogen) atoms. The van der Waals surface area contributed by atoms with Gasteiger partial charge in [-0.05, 0) is 11.4 Å². The van der Waals surface area contributed by atoms with E-state index in [1.54, 1.807) is 5.38 Å². The zero-order chi connectivity index (χ0) is 12.2. The van der Waals surface area contributed by atoms with Crippen LogP contribution in [-0.2, 0) is 21.4 Å². The van der Waals surface area contributed by atoms with E-state index < -0.39 is 10.0 Å². The Bertz CT molecular complexity index is 426. The molecule has 0 spiro atoms. The standard InChI is InChI=1S/C9H15NO4S2/c1-10(4-5-14-2)16(12,13)9-3-6-15-8(9)7-11/h3,6,11H,4-5,7H2,1-2H3. The van der Waals surface area contributed by atoms with Crippen molar-refractivity contribution in [3.8, 4) is 0 Å². The lowest BCUT2D eigenvalue weighted by Crippen LogP contribution is -2.30. The molecule has 1 rings (SSSR count). The highest BCUT2D eigenvalue weighted by atomic mass is 32.2. The van der Waals surface area contributed by atoms with E-state index in [2.05, 4.69) is 0 Å². The molecule has 92 valence electrons. The highest BCUT2D eigenvalue weighted by Gasteiger charge is 2.24. The lowest BCUT2D eigenvalue weighted by molar-refractivity contribution is 0.185. The van der Waals surface area contributed by atoms with Gasteiger partial charge in [0.2, 0.25) is 10.0 Å². The minimum Gasteiger partial charge on any atom is -0.391 e. The number of aliphatic hydroxyl groups is 1. The maximum Gasteiger partial charge on any atom is 0.244 e. The number of thiophene rings is 1. The molecule has 0 atom stereocenters. The maximum absolute atomic E-state index is 12.0. The van der Waals surface area contributed by atoms with Crippen molar-refractivity contribution in [2.45, 2.75) is 11.5 Å². The Morgan fingerprint density at radius 2 is 2.25 bits per heavy atom. The molecule has 0 unspecified atom stereocenters. The molecule has 1 aromatic heterocycles.